The smallest absolute Gasteiger partial charge is 0.261 e. The van der Waals surface area contributed by atoms with Crippen molar-refractivity contribution in [2.24, 2.45) is 11.8 Å². The van der Waals surface area contributed by atoms with Crippen molar-refractivity contribution in [2.75, 3.05) is 38.0 Å². The van der Waals surface area contributed by atoms with Crippen LogP contribution in [0.3, 0.4) is 0 Å². The second-order valence-corrected chi connectivity index (χ2v) is 13.5. The Morgan fingerprint density at radius 1 is 1.10 bits per heavy atom. The van der Waals surface area contributed by atoms with Crippen LogP contribution in [-0.4, -0.2) is 74.7 Å². The molecule has 1 aliphatic heterocycles. The second kappa shape index (κ2) is 13.4. The lowest BCUT2D eigenvalue weighted by atomic mass is 9.89. The molecule has 40 heavy (non-hydrogen) atoms. The maximum absolute atomic E-state index is 13.5. The Kier molecular flexibility index (Phi) is 10.1. The van der Waals surface area contributed by atoms with E-state index in [4.69, 9.17) is 4.74 Å². The fraction of sp³-hybridized carbons (Fsp3) is 0.581. The summed E-state index contributed by atoms with van der Waals surface area (Å²) >= 11 is 0. The molecule has 2 aromatic rings. The zero-order valence-electron chi connectivity index (χ0n) is 24.3. The number of nitrogens with zero attached hydrogens (tertiary/aromatic N) is 2. The number of nitrogens with one attached hydrogen (secondary N) is 1. The molecule has 0 saturated heterocycles. The summed E-state index contributed by atoms with van der Waals surface area (Å²) in [6.45, 7) is 7.93. The van der Waals surface area contributed by atoms with Gasteiger partial charge in [-0.3, -0.25) is 9.52 Å². The Balaban J connectivity index is 1.60. The maximum Gasteiger partial charge on any atom is 0.261 e. The van der Waals surface area contributed by atoms with Gasteiger partial charge in [-0.2, -0.15) is 0 Å². The SMILES string of the molecule is Cc1ccc(S(=O)(=O)Nc2ccc3c(c2)CC(=O)N([C@H](C)CO)C[C@@H](C)[C@@H](CN(C)CC2CCCCC2)O3)cc1. The quantitative estimate of drug-likeness (QED) is 0.461. The number of hydrogen-bond acceptors (Lipinski definition) is 6. The lowest BCUT2D eigenvalue weighted by Gasteiger charge is -2.35. The first kappa shape index (κ1) is 30.3. The van der Waals surface area contributed by atoms with E-state index < -0.39 is 10.0 Å². The molecule has 1 aliphatic carbocycles. The number of likely N-dealkylation sites (N-methyl/N-ethyl adjacent to an activating group) is 1. The predicted octanol–water partition coefficient (Wildman–Crippen LogP) is 4.46. The van der Waals surface area contributed by atoms with Gasteiger partial charge in [-0.05, 0) is 70.0 Å². The summed E-state index contributed by atoms with van der Waals surface area (Å²) in [7, 11) is -1.66. The number of aryl methyl sites for hydroxylation is 1. The maximum atomic E-state index is 13.5. The van der Waals surface area contributed by atoms with Crippen LogP contribution >= 0.6 is 0 Å². The normalized spacial score (nSPS) is 21.6. The van der Waals surface area contributed by atoms with E-state index in [1.165, 1.54) is 32.1 Å². The van der Waals surface area contributed by atoms with Gasteiger partial charge < -0.3 is 19.6 Å². The van der Waals surface area contributed by atoms with E-state index in [2.05, 4.69) is 23.6 Å². The lowest BCUT2D eigenvalue weighted by Crippen LogP contribution is -2.48. The molecule has 2 aromatic carbocycles. The molecular formula is C31H45N3O5S. The first-order valence-electron chi connectivity index (χ1n) is 14.5. The Bertz CT molecular complexity index is 1240. The highest BCUT2D eigenvalue weighted by Crippen LogP contribution is 2.31. The summed E-state index contributed by atoms with van der Waals surface area (Å²) in [6, 6.07) is 11.5. The summed E-state index contributed by atoms with van der Waals surface area (Å²) < 4.78 is 35.3. The average molecular weight is 572 g/mol. The van der Waals surface area contributed by atoms with E-state index in [1.807, 2.05) is 13.8 Å². The van der Waals surface area contributed by atoms with Gasteiger partial charge in [0, 0.05) is 36.8 Å². The van der Waals surface area contributed by atoms with Crippen molar-refractivity contribution in [1.82, 2.24) is 9.80 Å². The summed E-state index contributed by atoms with van der Waals surface area (Å²) in [5, 5.41) is 9.90. The van der Waals surface area contributed by atoms with Crippen molar-refractivity contribution in [1.29, 1.82) is 0 Å². The highest BCUT2D eigenvalue weighted by atomic mass is 32.2. The highest BCUT2D eigenvalue weighted by molar-refractivity contribution is 7.92. The van der Waals surface area contributed by atoms with Crippen LogP contribution in [0, 0.1) is 18.8 Å². The molecule has 0 spiro atoms. The predicted molar refractivity (Wildman–Crippen MR) is 158 cm³/mol. The summed E-state index contributed by atoms with van der Waals surface area (Å²) in [5.74, 6) is 1.20. The Morgan fingerprint density at radius 3 is 2.48 bits per heavy atom. The third kappa shape index (κ3) is 7.77. The number of aliphatic hydroxyl groups excluding tert-OH is 1. The Hall–Kier alpha value is -2.62. The van der Waals surface area contributed by atoms with E-state index in [9.17, 15) is 18.3 Å². The number of fused-ring (bicyclic) bond motifs is 1. The lowest BCUT2D eigenvalue weighted by molar-refractivity contribution is -0.134. The highest BCUT2D eigenvalue weighted by Gasteiger charge is 2.31. The van der Waals surface area contributed by atoms with Crippen LogP contribution in [0.5, 0.6) is 5.75 Å². The number of amides is 1. The number of hydrogen-bond donors (Lipinski definition) is 2. The molecule has 1 fully saturated rings. The molecule has 0 aromatic heterocycles. The molecule has 1 amide bonds. The van der Waals surface area contributed by atoms with Crippen LogP contribution in [0.2, 0.25) is 0 Å². The summed E-state index contributed by atoms with van der Waals surface area (Å²) in [6.07, 6.45) is 6.34. The van der Waals surface area contributed by atoms with Crippen molar-refractivity contribution in [3.8, 4) is 5.75 Å². The van der Waals surface area contributed by atoms with Gasteiger partial charge in [-0.25, -0.2) is 8.42 Å². The van der Waals surface area contributed by atoms with Crippen LogP contribution in [0.1, 0.15) is 57.1 Å². The van der Waals surface area contributed by atoms with Gasteiger partial charge >= 0.3 is 0 Å². The van der Waals surface area contributed by atoms with Crippen LogP contribution < -0.4 is 9.46 Å². The molecule has 1 heterocycles. The molecule has 0 bridgehead atoms. The van der Waals surface area contributed by atoms with Crippen LogP contribution in [0.25, 0.3) is 0 Å². The van der Waals surface area contributed by atoms with Crippen molar-refractivity contribution in [3.05, 3.63) is 53.6 Å². The first-order valence-corrected chi connectivity index (χ1v) is 16.0. The van der Waals surface area contributed by atoms with E-state index in [0.717, 1.165) is 12.1 Å². The number of ether oxygens (including phenoxy) is 1. The van der Waals surface area contributed by atoms with Gasteiger partial charge in [0.05, 0.1) is 24.0 Å². The van der Waals surface area contributed by atoms with Crippen LogP contribution in [-0.2, 0) is 21.2 Å². The van der Waals surface area contributed by atoms with Crippen molar-refractivity contribution >= 4 is 21.6 Å². The number of aliphatic hydroxyl groups is 1. The molecule has 220 valence electrons. The standard InChI is InChI=1S/C31H45N3O5S/c1-22-10-13-28(14-11-22)40(37,38)32-27-12-15-29-26(16-27)17-31(36)34(24(3)21-35)18-23(2)30(39-29)20-33(4)19-25-8-6-5-7-9-25/h10-16,23-25,30,32,35H,5-9,17-21H2,1-4H3/t23-,24-,30-/m1/s1. The number of benzene rings is 2. The molecule has 0 radical (unpaired) electrons. The molecule has 0 unspecified atom stereocenters. The summed E-state index contributed by atoms with van der Waals surface area (Å²) in [4.78, 5) is 17.7. The number of carbonyl (C=O) groups excluding carboxylic acids is 1. The van der Waals surface area contributed by atoms with Crippen molar-refractivity contribution in [2.45, 2.75) is 76.3 Å². The molecule has 8 nitrogen and oxygen atoms in total. The minimum absolute atomic E-state index is 0.0254. The van der Waals surface area contributed by atoms with Crippen LogP contribution in [0.4, 0.5) is 5.69 Å². The van der Waals surface area contributed by atoms with Gasteiger partial charge in [0.25, 0.3) is 10.0 Å². The minimum Gasteiger partial charge on any atom is -0.488 e. The number of sulfonamides is 1. The fourth-order valence-electron chi connectivity index (χ4n) is 5.83. The second-order valence-electron chi connectivity index (χ2n) is 11.9. The van der Waals surface area contributed by atoms with E-state index >= 15 is 0 Å². The van der Waals surface area contributed by atoms with Gasteiger partial charge in [0.1, 0.15) is 11.9 Å². The Morgan fingerprint density at radius 2 is 1.80 bits per heavy atom. The zero-order chi connectivity index (χ0) is 28.9. The topological polar surface area (TPSA) is 99.2 Å². The molecule has 9 heteroatoms. The number of rotatable bonds is 9. The number of anilines is 1. The third-order valence-corrected chi connectivity index (χ3v) is 9.68. The van der Waals surface area contributed by atoms with E-state index in [0.29, 0.717) is 36.0 Å². The molecular weight excluding hydrogens is 526 g/mol. The zero-order valence-corrected chi connectivity index (χ0v) is 25.1. The van der Waals surface area contributed by atoms with Gasteiger partial charge in [0.2, 0.25) is 5.91 Å². The van der Waals surface area contributed by atoms with Gasteiger partial charge in [0.15, 0.2) is 0 Å². The molecule has 2 N–H and O–H groups in total. The fourth-order valence-corrected chi connectivity index (χ4v) is 6.88. The van der Waals surface area contributed by atoms with Crippen LogP contribution in [0.15, 0.2) is 47.4 Å². The largest absolute Gasteiger partial charge is 0.488 e. The average Bonchev–Trinajstić information content (AvgIpc) is 2.96. The molecule has 3 atom stereocenters. The van der Waals surface area contributed by atoms with Crippen molar-refractivity contribution in [3.63, 3.8) is 0 Å². The summed E-state index contributed by atoms with van der Waals surface area (Å²) in [5.41, 5.74) is 1.97. The molecule has 2 aliphatic rings. The monoisotopic (exact) mass is 571 g/mol. The van der Waals surface area contributed by atoms with Gasteiger partial charge in [-0.15, -0.1) is 0 Å². The minimum atomic E-state index is -3.80. The molecule has 4 rings (SSSR count). The molecule has 1 saturated carbocycles. The third-order valence-electron chi connectivity index (χ3n) is 8.29. The Labute approximate surface area is 239 Å². The first-order chi connectivity index (χ1) is 19.1. The van der Waals surface area contributed by atoms with E-state index in [-0.39, 0.29) is 41.9 Å². The van der Waals surface area contributed by atoms with Crippen molar-refractivity contribution < 1.29 is 23.1 Å². The van der Waals surface area contributed by atoms with Gasteiger partial charge in [-0.1, -0.05) is 43.9 Å². The van der Waals surface area contributed by atoms with E-state index in [1.54, 1.807) is 47.4 Å². The number of carbonyl (C=O) groups is 1.